The molecule has 5 atom stereocenters. The summed E-state index contributed by atoms with van der Waals surface area (Å²) in [5.41, 5.74) is 2.21. The van der Waals surface area contributed by atoms with Crippen molar-refractivity contribution >= 4 is 11.6 Å². The van der Waals surface area contributed by atoms with Gasteiger partial charge in [0.15, 0.2) is 5.78 Å². The number of aliphatic hydroxyl groups excluding tert-OH is 2. The normalized spacial score (nSPS) is 43.7. The van der Waals surface area contributed by atoms with Gasteiger partial charge in [-0.25, -0.2) is 0 Å². The first-order valence-electron chi connectivity index (χ1n) is 8.01. The molecule has 0 aromatic rings. The van der Waals surface area contributed by atoms with E-state index in [1.165, 1.54) is 6.08 Å². The van der Waals surface area contributed by atoms with Gasteiger partial charge in [-0.3, -0.25) is 9.59 Å². The Morgan fingerprint density at radius 3 is 2.68 bits per heavy atom. The van der Waals surface area contributed by atoms with Crippen LogP contribution in [0.25, 0.3) is 0 Å². The molecule has 4 rings (SSSR count). The Morgan fingerprint density at radius 1 is 1.14 bits per heavy atom. The van der Waals surface area contributed by atoms with Crippen LogP contribution >= 0.6 is 0 Å². The topological polar surface area (TPSA) is 74.6 Å². The molecule has 4 heteroatoms. The average molecular weight is 300 g/mol. The molecule has 1 saturated carbocycles. The number of ketones is 2. The molecule has 0 aromatic carbocycles. The number of Topliss-reactive ketones (excluding diaryl/α,β-unsaturated/α-hetero) is 1. The average Bonchev–Trinajstić information content (AvgIpc) is 2.80. The van der Waals surface area contributed by atoms with Gasteiger partial charge in [-0.2, -0.15) is 0 Å². The highest BCUT2D eigenvalue weighted by molar-refractivity contribution is 5.97. The Kier molecular flexibility index (Phi) is 2.88. The van der Waals surface area contributed by atoms with Crippen molar-refractivity contribution in [3.8, 4) is 0 Å². The zero-order valence-electron chi connectivity index (χ0n) is 12.6. The summed E-state index contributed by atoms with van der Waals surface area (Å²) in [5, 5.41) is 20.3. The van der Waals surface area contributed by atoms with E-state index in [2.05, 4.69) is 0 Å². The van der Waals surface area contributed by atoms with Crippen LogP contribution in [0.4, 0.5) is 0 Å². The zero-order chi connectivity index (χ0) is 15.6. The van der Waals surface area contributed by atoms with E-state index in [4.69, 9.17) is 0 Å². The van der Waals surface area contributed by atoms with Crippen LogP contribution in [0.3, 0.4) is 0 Å². The van der Waals surface area contributed by atoms with Gasteiger partial charge in [-0.05, 0) is 60.8 Å². The van der Waals surface area contributed by atoms with E-state index in [0.29, 0.717) is 12.2 Å². The quantitative estimate of drug-likeness (QED) is 0.710. The van der Waals surface area contributed by atoms with E-state index in [9.17, 15) is 19.8 Å². The van der Waals surface area contributed by atoms with Crippen LogP contribution in [0.2, 0.25) is 0 Å². The van der Waals surface area contributed by atoms with Crippen LogP contribution in [0, 0.1) is 17.3 Å². The highest BCUT2D eigenvalue weighted by Gasteiger charge is 2.52. The molecule has 4 nitrogen and oxygen atoms in total. The van der Waals surface area contributed by atoms with Gasteiger partial charge in [0.2, 0.25) is 0 Å². The third-order valence-electron chi connectivity index (χ3n) is 6.13. The highest BCUT2D eigenvalue weighted by atomic mass is 16.3. The van der Waals surface area contributed by atoms with Crippen LogP contribution in [-0.4, -0.2) is 34.0 Å². The van der Waals surface area contributed by atoms with E-state index in [1.807, 2.05) is 19.1 Å². The first-order chi connectivity index (χ1) is 10.4. The Bertz CT molecular complexity index is 669. The Balaban J connectivity index is 1.88. The summed E-state index contributed by atoms with van der Waals surface area (Å²) in [6, 6.07) is 0. The zero-order valence-corrected chi connectivity index (χ0v) is 12.6. The Labute approximate surface area is 129 Å². The van der Waals surface area contributed by atoms with Gasteiger partial charge >= 0.3 is 0 Å². The van der Waals surface area contributed by atoms with E-state index >= 15 is 0 Å². The lowest BCUT2D eigenvalue weighted by Gasteiger charge is -2.44. The number of aliphatic hydroxyl groups is 2. The fourth-order valence-electron chi connectivity index (χ4n) is 4.86. The summed E-state index contributed by atoms with van der Waals surface area (Å²) in [5.74, 6) is 0.407. The second kappa shape index (κ2) is 4.49. The van der Waals surface area contributed by atoms with E-state index in [0.717, 1.165) is 36.0 Å². The van der Waals surface area contributed by atoms with Crippen LogP contribution in [0.1, 0.15) is 32.6 Å². The van der Waals surface area contributed by atoms with Gasteiger partial charge in [0.05, 0.1) is 0 Å². The Morgan fingerprint density at radius 2 is 1.91 bits per heavy atom. The summed E-state index contributed by atoms with van der Waals surface area (Å²) < 4.78 is 0. The lowest BCUT2D eigenvalue weighted by Crippen LogP contribution is -2.43. The number of hydrogen-bond acceptors (Lipinski definition) is 4. The number of hydrogen-bond donors (Lipinski definition) is 2. The molecule has 0 aromatic heterocycles. The molecule has 116 valence electrons. The van der Waals surface area contributed by atoms with Gasteiger partial charge in [-0.15, -0.1) is 0 Å². The first kappa shape index (κ1) is 14.1. The monoisotopic (exact) mass is 300 g/mol. The molecule has 0 amide bonds. The molecule has 0 spiro atoms. The van der Waals surface area contributed by atoms with Gasteiger partial charge in [0.1, 0.15) is 18.0 Å². The van der Waals surface area contributed by atoms with E-state index < -0.39 is 18.0 Å². The summed E-state index contributed by atoms with van der Waals surface area (Å²) in [7, 11) is 0. The molecule has 0 aliphatic heterocycles. The summed E-state index contributed by atoms with van der Waals surface area (Å²) in [4.78, 5) is 24.0. The lowest BCUT2D eigenvalue weighted by molar-refractivity contribution is -0.127. The predicted octanol–water partition coefficient (Wildman–Crippen LogP) is 1.48. The van der Waals surface area contributed by atoms with Crippen molar-refractivity contribution < 1.29 is 19.8 Å². The summed E-state index contributed by atoms with van der Waals surface area (Å²) >= 11 is 0. The third-order valence-corrected chi connectivity index (χ3v) is 6.13. The molecule has 0 heterocycles. The minimum absolute atomic E-state index is 0.239. The standard InChI is InChI=1S/C18H20O4/c1-18-7-6-11-10(12(18)4-5-14(18)20)3-2-9-8-13(19)16(21)17(22)15(9)11/h6-8,10,12,16-17,21-22H,2-5H2,1H3. The van der Waals surface area contributed by atoms with Crippen molar-refractivity contribution in [3.63, 3.8) is 0 Å². The van der Waals surface area contributed by atoms with Crippen molar-refractivity contribution in [2.24, 2.45) is 17.3 Å². The largest absolute Gasteiger partial charge is 0.385 e. The molecule has 0 bridgehead atoms. The molecular formula is C18H20O4. The van der Waals surface area contributed by atoms with Gasteiger partial charge in [-0.1, -0.05) is 12.2 Å². The fourth-order valence-corrected chi connectivity index (χ4v) is 4.86. The predicted molar refractivity (Wildman–Crippen MR) is 79.8 cm³/mol. The second-order valence-electron chi connectivity index (χ2n) is 7.16. The number of fused-ring (bicyclic) bond motifs is 4. The van der Waals surface area contributed by atoms with Crippen LogP contribution in [-0.2, 0) is 9.59 Å². The maximum Gasteiger partial charge on any atom is 0.187 e. The van der Waals surface area contributed by atoms with Crippen LogP contribution in [0.5, 0.6) is 0 Å². The van der Waals surface area contributed by atoms with Gasteiger partial charge in [0, 0.05) is 11.8 Å². The van der Waals surface area contributed by atoms with E-state index in [-0.39, 0.29) is 17.3 Å². The van der Waals surface area contributed by atoms with Crippen molar-refractivity contribution in [1.82, 2.24) is 0 Å². The molecule has 5 unspecified atom stereocenters. The van der Waals surface area contributed by atoms with Crippen molar-refractivity contribution in [2.75, 3.05) is 0 Å². The maximum atomic E-state index is 12.2. The van der Waals surface area contributed by atoms with Gasteiger partial charge in [0.25, 0.3) is 0 Å². The Hall–Kier alpha value is -1.52. The molecule has 4 aliphatic carbocycles. The number of allylic oxidation sites excluding steroid dienone is 3. The minimum atomic E-state index is -1.36. The summed E-state index contributed by atoms with van der Waals surface area (Å²) in [6.07, 6.45) is 6.05. The van der Waals surface area contributed by atoms with Crippen molar-refractivity contribution in [3.05, 3.63) is 34.9 Å². The highest BCUT2D eigenvalue weighted by Crippen LogP contribution is 2.55. The lowest BCUT2D eigenvalue weighted by atomic mass is 9.60. The van der Waals surface area contributed by atoms with Crippen molar-refractivity contribution in [2.45, 2.75) is 44.8 Å². The molecule has 0 radical (unpaired) electrons. The van der Waals surface area contributed by atoms with Gasteiger partial charge < -0.3 is 10.2 Å². The number of carbonyl (C=O) groups excluding carboxylic acids is 2. The van der Waals surface area contributed by atoms with Crippen LogP contribution < -0.4 is 0 Å². The molecule has 22 heavy (non-hydrogen) atoms. The molecule has 2 N–H and O–H groups in total. The van der Waals surface area contributed by atoms with Crippen LogP contribution in [0.15, 0.2) is 34.9 Å². The minimum Gasteiger partial charge on any atom is -0.385 e. The molecule has 4 aliphatic rings. The van der Waals surface area contributed by atoms with Crippen molar-refractivity contribution in [1.29, 1.82) is 0 Å². The van der Waals surface area contributed by atoms with E-state index in [1.54, 1.807) is 0 Å². The SMILES string of the molecule is CC12C=CC3=C4C(=CC(=O)C(O)C4O)CCC3C1CCC2=O. The molecular weight excluding hydrogens is 280 g/mol. The molecule has 1 fully saturated rings. The third kappa shape index (κ3) is 1.65. The fraction of sp³-hybridized carbons (Fsp3) is 0.556. The molecule has 0 saturated heterocycles. The second-order valence-corrected chi connectivity index (χ2v) is 7.16. The smallest absolute Gasteiger partial charge is 0.187 e. The number of rotatable bonds is 0. The summed E-state index contributed by atoms with van der Waals surface area (Å²) in [6.45, 7) is 2.02. The first-order valence-corrected chi connectivity index (χ1v) is 8.01. The maximum absolute atomic E-state index is 12.2. The number of carbonyl (C=O) groups is 2.